The number of benzene rings is 2. The van der Waals surface area contributed by atoms with Crippen LogP contribution in [0, 0.1) is 0 Å². The summed E-state index contributed by atoms with van der Waals surface area (Å²) in [4.78, 5) is 23.0. The minimum atomic E-state index is -0.331. The number of rotatable bonds is 3. The Morgan fingerprint density at radius 1 is 1.13 bits per heavy atom. The summed E-state index contributed by atoms with van der Waals surface area (Å²) in [5.41, 5.74) is 3.94. The summed E-state index contributed by atoms with van der Waals surface area (Å²) in [6, 6.07) is 11.1. The molecular formula is C21H18Cl2N6O2. The number of para-hydroxylation sites is 1. The van der Waals surface area contributed by atoms with Gasteiger partial charge in [0.15, 0.2) is 6.73 Å². The SMILES string of the molecule is NN1CCc2cc(Nc3ncc4c(n3)OCN(c3c(Cl)cccc3Cl)C4=O)ccc2C1. The zero-order valence-electron chi connectivity index (χ0n) is 16.3. The van der Waals surface area contributed by atoms with E-state index in [0.29, 0.717) is 21.7 Å². The van der Waals surface area contributed by atoms with Crippen molar-refractivity contribution in [2.75, 3.05) is 23.5 Å². The molecule has 31 heavy (non-hydrogen) atoms. The fourth-order valence-electron chi connectivity index (χ4n) is 3.71. The molecule has 3 aromatic rings. The number of carbonyl (C=O) groups is 1. The van der Waals surface area contributed by atoms with Crippen LogP contribution in [-0.2, 0) is 13.0 Å². The third kappa shape index (κ3) is 3.79. The number of amides is 1. The highest BCUT2D eigenvalue weighted by Crippen LogP contribution is 2.37. The molecule has 0 unspecified atom stereocenters. The smallest absolute Gasteiger partial charge is 0.268 e. The van der Waals surface area contributed by atoms with Gasteiger partial charge >= 0.3 is 0 Å². The van der Waals surface area contributed by atoms with Crippen molar-refractivity contribution < 1.29 is 9.53 Å². The standard InChI is InChI=1S/C21H18Cl2N6O2/c22-16-2-1-3-17(23)18(16)29-11-31-19-15(20(29)30)9-25-21(27-19)26-14-5-4-13-10-28(24)7-6-12(13)8-14/h1-5,8-9H,6-7,10-11,24H2,(H,25,26,27). The molecule has 3 N–H and O–H groups in total. The monoisotopic (exact) mass is 456 g/mol. The van der Waals surface area contributed by atoms with Gasteiger partial charge in [0.05, 0.1) is 15.7 Å². The van der Waals surface area contributed by atoms with Crippen molar-refractivity contribution in [2.24, 2.45) is 5.84 Å². The predicted molar refractivity (Wildman–Crippen MR) is 119 cm³/mol. The van der Waals surface area contributed by atoms with Gasteiger partial charge in [-0.05, 0) is 41.8 Å². The number of hydrogen-bond donors (Lipinski definition) is 2. The van der Waals surface area contributed by atoms with E-state index in [1.54, 1.807) is 23.2 Å². The number of aromatic nitrogens is 2. The molecule has 0 bridgehead atoms. The largest absolute Gasteiger partial charge is 0.455 e. The summed E-state index contributed by atoms with van der Waals surface area (Å²) in [6.07, 6.45) is 2.32. The van der Waals surface area contributed by atoms with Gasteiger partial charge in [-0.25, -0.2) is 9.99 Å². The van der Waals surface area contributed by atoms with E-state index < -0.39 is 0 Å². The van der Waals surface area contributed by atoms with Gasteiger partial charge in [-0.3, -0.25) is 15.5 Å². The quantitative estimate of drug-likeness (QED) is 0.579. The first-order valence-corrected chi connectivity index (χ1v) is 10.4. The molecule has 2 aromatic carbocycles. The minimum Gasteiger partial charge on any atom is -0.455 e. The van der Waals surface area contributed by atoms with Crippen LogP contribution in [0.5, 0.6) is 5.88 Å². The molecule has 0 aliphatic carbocycles. The summed E-state index contributed by atoms with van der Waals surface area (Å²) in [5.74, 6) is 6.11. The van der Waals surface area contributed by atoms with Gasteiger partial charge < -0.3 is 10.1 Å². The third-order valence-corrected chi connectivity index (χ3v) is 5.88. The molecule has 10 heteroatoms. The van der Waals surface area contributed by atoms with Gasteiger partial charge in [-0.15, -0.1) is 0 Å². The van der Waals surface area contributed by atoms with Crippen LogP contribution in [0.25, 0.3) is 0 Å². The number of ether oxygens (including phenoxy) is 1. The fraction of sp³-hybridized carbons (Fsp3) is 0.190. The van der Waals surface area contributed by atoms with E-state index in [1.165, 1.54) is 22.2 Å². The number of nitrogens with one attached hydrogen (secondary N) is 1. The van der Waals surface area contributed by atoms with Gasteiger partial charge in [-0.1, -0.05) is 35.3 Å². The molecule has 0 saturated carbocycles. The van der Waals surface area contributed by atoms with E-state index in [4.69, 9.17) is 33.8 Å². The molecule has 2 aliphatic heterocycles. The number of fused-ring (bicyclic) bond motifs is 2. The molecule has 0 spiro atoms. The maximum Gasteiger partial charge on any atom is 0.268 e. The molecule has 2 aliphatic rings. The van der Waals surface area contributed by atoms with E-state index >= 15 is 0 Å². The minimum absolute atomic E-state index is 0.0554. The molecule has 0 atom stereocenters. The topological polar surface area (TPSA) is 96.6 Å². The van der Waals surface area contributed by atoms with Crippen molar-refractivity contribution in [1.82, 2.24) is 15.0 Å². The van der Waals surface area contributed by atoms with Gasteiger partial charge in [0, 0.05) is 25.0 Å². The number of nitrogens with two attached hydrogens (primary N) is 1. The number of anilines is 3. The normalized spacial score (nSPS) is 15.8. The number of hydrazine groups is 1. The Labute approximate surface area is 188 Å². The Hall–Kier alpha value is -2.91. The Morgan fingerprint density at radius 2 is 1.94 bits per heavy atom. The summed E-state index contributed by atoms with van der Waals surface area (Å²) < 4.78 is 5.73. The first-order chi connectivity index (χ1) is 15.0. The summed E-state index contributed by atoms with van der Waals surface area (Å²) in [6.45, 7) is 1.49. The first-order valence-electron chi connectivity index (χ1n) is 9.64. The zero-order valence-corrected chi connectivity index (χ0v) is 17.8. The van der Waals surface area contributed by atoms with Crippen molar-refractivity contribution in [2.45, 2.75) is 13.0 Å². The van der Waals surface area contributed by atoms with Crippen LogP contribution in [-0.4, -0.2) is 34.2 Å². The Morgan fingerprint density at radius 3 is 2.74 bits per heavy atom. The molecule has 0 radical (unpaired) electrons. The Kier molecular flexibility index (Phi) is 5.15. The maximum atomic E-state index is 13.0. The molecule has 1 amide bonds. The van der Waals surface area contributed by atoms with Crippen molar-refractivity contribution >= 4 is 46.4 Å². The van der Waals surface area contributed by atoms with E-state index in [2.05, 4.69) is 21.4 Å². The highest BCUT2D eigenvalue weighted by Gasteiger charge is 2.31. The van der Waals surface area contributed by atoms with Crippen molar-refractivity contribution in [3.05, 3.63) is 69.3 Å². The fourth-order valence-corrected chi connectivity index (χ4v) is 4.31. The van der Waals surface area contributed by atoms with Crippen LogP contribution in [0.1, 0.15) is 21.5 Å². The molecular weight excluding hydrogens is 439 g/mol. The van der Waals surface area contributed by atoms with E-state index in [0.717, 1.165) is 25.2 Å². The molecule has 1 aromatic heterocycles. The van der Waals surface area contributed by atoms with Crippen LogP contribution < -0.4 is 20.8 Å². The van der Waals surface area contributed by atoms with E-state index in [1.807, 2.05) is 12.1 Å². The van der Waals surface area contributed by atoms with Crippen molar-refractivity contribution in [3.63, 3.8) is 0 Å². The van der Waals surface area contributed by atoms with Crippen LogP contribution >= 0.6 is 23.2 Å². The average molecular weight is 457 g/mol. The van der Waals surface area contributed by atoms with Crippen molar-refractivity contribution in [3.8, 4) is 5.88 Å². The lowest BCUT2D eigenvalue weighted by Gasteiger charge is -2.29. The van der Waals surface area contributed by atoms with Crippen molar-refractivity contribution in [1.29, 1.82) is 0 Å². The number of hydrogen-bond acceptors (Lipinski definition) is 7. The van der Waals surface area contributed by atoms with Gasteiger partial charge in [-0.2, -0.15) is 4.98 Å². The van der Waals surface area contributed by atoms with Crippen LogP contribution in [0.4, 0.5) is 17.3 Å². The number of halogens is 2. The van der Waals surface area contributed by atoms with Crippen LogP contribution in [0.3, 0.4) is 0 Å². The molecule has 3 heterocycles. The second kappa shape index (κ2) is 7.97. The second-order valence-corrected chi connectivity index (χ2v) is 8.13. The third-order valence-electron chi connectivity index (χ3n) is 5.27. The Bertz CT molecular complexity index is 1170. The summed E-state index contributed by atoms with van der Waals surface area (Å²) in [5, 5.41) is 5.70. The summed E-state index contributed by atoms with van der Waals surface area (Å²) >= 11 is 12.5. The zero-order chi connectivity index (χ0) is 21.5. The molecule has 5 rings (SSSR count). The molecule has 0 fully saturated rings. The van der Waals surface area contributed by atoms with Gasteiger partial charge in [0.25, 0.3) is 5.91 Å². The number of nitrogens with zero attached hydrogens (tertiary/aromatic N) is 4. The summed E-state index contributed by atoms with van der Waals surface area (Å²) in [7, 11) is 0. The second-order valence-electron chi connectivity index (χ2n) is 7.32. The number of carbonyl (C=O) groups excluding carboxylic acids is 1. The first kappa shape index (κ1) is 20.0. The highest BCUT2D eigenvalue weighted by atomic mass is 35.5. The highest BCUT2D eigenvalue weighted by molar-refractivity contribution is 6.40. The molecule has 0 saturated heterocycles. The van der Waals surface area contributed by atoms with E-state index in [9.17, 15) is 4.79 Å². The lowest BCUT2D eigenvalue weighted by Crippen LogP contribution is -2.39. The molecule has 8 nitrogen and oxygen atoms in total. The van der Waals surface area contributed by atoms with Crippen LogP contribution in [0.2, 0.25) is 10.0 Å². The molecule has 158 valence electrons. The average Bonchev–Trinajstić information content (AvgIpc) is 2.75. The van der Waals surface area contributed by atoms with Gasteiger partial charge in [0.2, 0.25) is 11.8 Å². The van der Waals surface area contributed by atoms with E-state index in [-0.39, 0.29) is 24.1 Å². The maximum absolute atomic E-state index is 13.0. The Balaban J connectivity index is 1.38. The predicted octanol–water partition coefficient (Wildman–Crippen LogP) is 3.76. The lowest BCUT2D eigenvalue weighted by atomic mass is 10.00. The van der Waals surface area contributed by atoms with Crippen LogP contribution in [0.15, 0.2) is 42.6 Å². The lowest BCUT2D eigenvalue weighted by molar-refractivity contribution is 0.0932. The van der Waals surface area contributed by atoms with Gasteiger partial charge in [0.1, 0.15) is 5.56 Å².